The molecule has 0 bridgehead atoms. The van der Waals surface area contributed by atoms with Gasteiger partial charge in [0.05, 0.1) is 13.5 Å². The van der Waals surface area contributed by atoms with Gasteiger partial charge in [0, 0.05) is 0 Å². The molecule has 0 heterocycles. The number of hydrogen-bond acceptors (Lipinski definition) is 2. The van der Waals surface area contributed by atoms with Gasteiger partial charge in [-0.1, -0.05) is 27.2 Å². The van der Waals surface area contributed by atoms with E-state index in [9.17, 15) is 4.79 Å². The molecule has 0 aliphatic heterocycles. The largest absolute Gasteiger partial charge is 0.469 e. The summed E-state index contributed by atoms with van der Waals surface area (Å²) in [5.74, 6) is -0.0718. The summed E-state index contributed by atoms with van der Waals surface area (Å²) >= 11 is 0. The van der Waals surface area contributed by atoms with Crippen molar-refractivity contribution < 1.29 is 9.53 Å². The van der Waals surface area contributed by atoms with Gasteiger partial charge in [-0.15, -0.1) is 0 Å². The van der Waals surface area contributed by atoms with Crippen molar-refractivity contribution in [1.82, 2.24) is 0 Å². The van der Waals surface area contributed by atoms with Gasteiger partial charge in [0.25, 0.3) is 0 Å². The second-order valence-corrected chi connectivity index (χ2v) is 5.05. The van der Waals surface area contributed by atoms with Crippen LogP contribution in [-0.2, 0) is 9.53 Å². The number of esters is 1. The maximum atomic E-state index is 11.2. The highest BCUT2D eigenvalue weighted by Gasteiger charge is 2.46. The molecule has 1 fully saturated rings. The summed E-state index contributed by atoms with van der Waals surface area (Å²) in [6, 6.07) is 0. The molecule has 0 spiro atoms. The Labute approximate surface area is 80.7 Å². The van der Waals surface area contributed by atoms with Crippen molar-refractivity contribution in [2.75, 3.05) is 7.11 Å². The second-order valence-electron chi connectivity index (χ2n) is 5.05. The van der Waals surface area contributed by atoms with E-state index in [1.807, 2.05) is 0 Å². The number of ether oxygens (including phenoxy) is 1. The molecule has 1 unspecified atom stereocenters. The van der Waals surface area contributed by atoms with Crippen molar-refractivity contribution in [2.24, 2.45) is 10.8 Å². The third-order valence-corrected chi connectivity index (χ3v) is 3.93. The standard InChI is InChI=1S/C11H20O2/c1-10(2)6-5-7-11(10,3)8-9(12)13-4/h5-8H2,1-4H3. The van der Waals surface area contributed by atoms with Gasteiger partial charge in [0.2, 0.25) is 0 Å². The molecule has 0 amide bonds. The summed E-state index contributed by atoms with van der Waals surface area (Å²) in [4.78, 5) is 11.2. The van der Waals surface area contributed by atoms with Gasteiger partial charge < -0.3 is 4.74 Å². The van der Waals surface area contributed by atoms with E-state index in [0.29, 0.717) is 6.42 Å². The molecule has 0 N–H and O–H groups in total. The van der Waals surface area contributed by atoms with Crippen molar-refractivity contribution >= 4 is 5.97 Å². The Bertz CT molecular complexity index is 208. The van der Waals surface area contributed by atoms with Crippen LogP contribution >= 0.6 is 0 Å². The van der Waals surface area contributed by atoms with Gasteiger partial charge in [-0.25, -0.2) is 0 Å². The molecule has 0 aromatic carbocycles. The van der Waals surface area contributed by atoms with E-state index < -0.39 is 0 Å². The Hall–Kier alpha value is -0.530. The lowest BCUT2D eigenvalue weighted by Gasteiger charge is -2.37. The van der Waals surface area contributed by atoms with Crippen LogP contribution in [0.25, 0.3) is 0 Å². The molecule has 1 rings (SSSR count). The van der Waals surface area contributed by atoms with E-state index in [4.69, 9.17) is 4.74 Å². The zero-order valence-corrected chi connectivity index (χ0v) is 9.14. The molecule has 1 atom stereocenters. The number of hydrogen-bond donors (Lipinski definition) is 0. The fraction of sp³-hybridized carbons (Fsp3) is 0.909. The Morgan fingerprint density at radius 3 is 2.31 bits per heavy atom. The molecule has 76 valence electrons. The predicted octanol–water partition coefficient (Wildman–Crippen LogP) is 2.77. The van der Waals surface area contributed by atoms with Crippen molar-refractivity contribution in [3.05, 3.63) is 0 Å². The molecule has 1 aliphatic rings. The molecule has 0 aromatic rings. The summed E-state index contributed by atoms with van der Waals surface area (Å²) in [5, 5.41) is 0. The first kappa shape index (κ1) is 10.6. The monoisotopic (exact) mass is 184 g/mol. The summed E-state index contributed by atoms with van der Waals surface area (Å²) in [6.45, 7) is 6.71. The molecule has 0 aromatic heterocycles. The van der Waals surface area contributed by atoms with Crippen molar-refractivity contribution in [3.8, 4) is 0 Å². The van der Waals surface area contributed by atoms with Gasteiger partial charge >= 0.3 is 5.97 Å². The summed E-state index contributed by atoms with van der Waals surface area (Å²) in [6.07, 6.45) is 4.17. The van der Waals surface area contributed by atoms with Gasteiger partial charge in [-0.05, 0) is 23.7 Å². The fourth-order valence-corrected chi connectivity index (χ4v) is 2.28. The van der Waals surface area contributed by atoms with Crippen LogP contribution in [0.3, 0.4) is 0 Å². The number of methoxy groups -OCH3 is 1. The lowest BCUT2D eigenvalue weighted by molar-refractivity contribution is -0.144. The Kier molecular flexibility index (Phi) is 2.69. The quantitative estimate of drug-likeness (QED) is 0.617. The Morgan fingerprint density at radius 2 is 1.92 bits per heavy atom. The lowest BCUT2D eigenvalue weighted by atomic mass is 9.67. The van der Waals surface area contributed by atoms with Gasteiger partial charge in [0.1, 0.15) is 0 Å². The molecule has 0 saturated heterocycles. The maximum absolute atomic E-state index is 11.2. The minimum Gasteiger partial charge on any atom is -0.469 e. The van der Waals surface area contributed by atoms with Crippen LogP contribution in [-0.4, -0.2) is 13.1 Å². The summed E-state index contributed by atoms with van der Waals surface area (Å²) in [7, 11) is 1.47. The minimum atomic E-state index is -0.0718. The van der Waals surface area contributed by atoms with E-state index in [1.165, 1.54) is 20.0 Å². The zero-order chi connectivity index (χ0) is 10.1. The molecule has 1 aliphatic carbocycles. The van der Waals surface area contributed by atoms with Gasteiger partial charge in [-0.3, -0.25) is 4.79 Å². The maximum Gasteiger partial charge on any atom is 0.306 e. The Balaban J connectivity index is 2.70. The molecular formula is C11H20O2. The highest BCUT2D eigenvalue weighted by Crippen LogP contribution is 2.54. The van der Waals surface area contributed by atoms with E-state index in [2.05, 4.69) is 20.8 Å². The van der Waals surface area contributed by atoms with Crippen LogP contribution in [0.2, 0.25) is 0 Å². The van der Waals surface area contributed by atoms with Crippen molar-refractivity contribution in [3.63, 3.8) is 0 Å². The first-order chi connectivity index (χ1) is 5.91. The number of carbonyl (C=O) groups is 1. The molecular weight excluding hydrogens is 164 g/mol. The van der Waals surface area contributed by atoms with Crippen LogP contribution in [0.4, 0.5) is 0 Å². The third-order valence-electron chi connectivity index (χ3n) is 3.93. The van der Waals surface area contributed by atoms with Gasteiger partial charge in [0.15, 0.2) is 0 Å². The first-order valence-electron chi connectivity index (χ1n) is 4.98. The first-order valence-corrected chi connectivity index (χ1v) is 4.98. The molecule has 2 nitrogen and oxygen atoms in total. The van der Waals surface area contributed by atoms with E-state index in [-0.39, 0.29) is 16.8 Å². The fourth-order valence-electron chi connectivity index (χ4n) is 2.28. The zero-order valence-electron chi connectivity index (χ0n) is 9.14. The summed E-state index contributed by atoms with van der Waals surface area (Å²) < 4.78 is 4.73. The topological polar surface area (TPSA) is 26.3 Å². The number of rotatable bonds is 2. The molecule has 13 heavy (non-hydrogen) atoms. The highest BCUT2D eigenvalue weighted by atomic mass is 16.5. The van der Waals surface area contributed by atoms with Crippen molar-refractivity contribution in [2.45, 2.75) is 46.5 Å². The van der Waals surface area contributed by atoms with E-state index in [1.54, 1.807) is 0 Å². The van der Waals surface area contributed by atoms with Crippen molar-refractivity contribution in [1.29, 1.82) is 0 Å². The van der Waals surface area contributed by atoms with Crippen LogP contribution in [0.1, 0.15) is 46.5 Å². The summed E-state index contributed by atoms with van der Waals surface area (Å²) in [5.41, 5.74) is 0.418. The number of carbonyl (C=O) groups excluding carboxylic acids is 1. The SMILES string of the molecule is COC(=O)CC1(C)CCCC1(C)C. The second kappa shape index (κ2) is 3.32. The molecule has 2 heteroatoms. The minimum absolute atomic E-state index is 0.0718. The van der Waals surface area contributed by atoms with Crippen LogP contribution < -0.4 is 0 Å². The third kappa shape index (κ3) is 1.87. The highest BCUT2D eigenvalue weighted by molar-refractivity contribution is 5.70. The normalized spacial score (nSPS) is 31.7. The smallest absolute Gasteiger partial charge is 0.306 e. The van der Waals surface area contributed by atoms with Crippen LogP contribution in [0.15, 0.2) is 0 Å². The van der Waals surface area contributed by atoms with Gasteiger partial charge in [-0.2, -0.15) is 0 Å². The van der Waals surface area contributed by atoms with Crippen LogP contribution in [0.5, 0.6) is 0 Å². The molecule has 0 radical (unpaired) electrons. The van der Waals surface area contributed by atoms with E-state index in [0.717, 1.165) is 6.42 Å². The van der Waals surface area contributed by atoms with E-state index >= 15 is 0 Å². The van der Waals surface area contributed by atoms with Crippen LogP contribution in [0, 0.1) is 10.8 Å². The Morgan fingerprint density at radius 1 is 1.31 bits per heavy atom. The average molecular weight is 184 g/mol. The average Bonchev–Trinajstić information content (AvgIpc) is 2.26. The lowest BCUT2D eigenvalue weighted by Crippen LogP contribution is -2.32. The molecule has 1 saturated carbocycles. The predicted molar refractivity (Wildman–Crippen MR) is 52.4 cm³/mol.